The number of ketones is 1. The third-order valence-electron chi connectivity index (χ3n) is 3.64. The molecule has 0 heterocycles. The summed E-state index contributed by atoms with van der Waals surface area (Å²) in [4.78, 5) is 23.2. The smallest absolute Gasteiger partial charge is 0.319 e. The molecule has 0 spiro atoms. The summed E-state index contributed by atoms with van der Waals surface area (Å²) in [7, 11) is 0. The first-order chi connectivity index (χ1) is 11.0. The third kappa shape index (κ3) is 5.58. The molecule has 120 valence electrons. The van der Waals surface area contributed by atoms with Gasteiger partial charge in [0.1, 0.15) is 0 Å². The van der Waals surface area contributed by atoms with E-state index in [0.29, 0.717) is 11.3 Å². The minimum Gasteiger partial charge on any atom is -0.335 e. The number of aryl methyl sites for hydroxylation is 1. The SMILES string of the molecule is CC(=O)c1ccc(NC(=O)N[C@@H](C)CCc2ccccc2)cc1. The second-order valence-corrected chi connectivity index (χ2v) is 5.66. The highest BCUT2D eigenvalue weighted by atomic mass is 16.2. The number of anilines is 1. The number of hydrogen-bond acceptors (Lipinski definition) is 2. The van der Waals surface area contributed by atoms with Crippen LogP contribution >= 0.6 is 0 Å². The molecular formula is C19H22N2O2. The zero-order chi connectivity index (χ0) is 16.7. The fraction of sp³-hybridized carbons (Fsp3) is 0.263. The van der Waals surface area contributed by atoms with Gasteiger partial charge < -0.3 is 10.6 Å². The first kappa shape index (κ1) is 16.7. The third-order valence-corrected chi connectivity index (χ3v) is 3.64. The largest absolute Gasteiger partial charge is 0.335 e. The van der Waals surface area contributed by atoms with Crippen molar-refractivity contribution in [3.8, 4) is 0 Å². The van der Waals surface area contributed by atoms with Gasteiger partial charge in [0.05, 0.1) is 0 Å². The van der Waals surface area contributed by atoms with Crippen molar-refractivity contribution in [1.29, 1.82) is 0 Å². The lowest BCUT2D eigenvalue weighted by atomic mass is 10.1. The van der Waals surface area contributed by atoms with Crippen molar-refractivity contribution in [1.82, 2.24) is 5.32 Å². The van der Waals surface area contributed by atoms with Gasteiger partial charge in [0, 0.05) is 17.3 Å². The maximum atomic E-state index is 12.0. The first-order valence-corrected chi connectivity index (χ1v) is 7.77. The molecule has 4 nitrogen and oxygen atoms in total. The monoisotopic (exact) mass is 310 g/mol. The summed E-state index contributed by atoms with van der Waals surface area (Å²) in [6.07, 6.45) is 1.80. The van der Waals surface area contributed by atoms with Crippen LogP contribution in [0.4, 0.5) is 10.5 Å². The Morgan fingerprint density at radius 2 is 1.65 bits per heavy atom. The molecule has 2 amide bonds. The fourth-order valence-electron chi connectivity index (χ4n) is 2.28. The van der Waals surface area contributed by atoms with Crippen molar-refractivity contribution >= 4 is 17.5 Å². The lowest BCUT2D eigenvalue weighted by molar-refractivity contribution is 0.101. The first-order valence-electron chi connectivity index (χ1n) is 7.77. The Hall–Kier alpha value is -2.62. The highest BCUT2D eigenvalue weighted by molar-refractivity contribution is 5.95. The molecule has 0 fully saturated rings. The number of rotatable bonds is 6. The van der Waals surface area contributed by atoms with Crippen LogP contribution in [0.2, 0.25) is 0 Å². The van der Waals surface area contributed by atoms with Gasteiger partial charge in [-0.25, -0.2) is 4.79 Å². The number of Topliss-reactive ketones (excluding diaryl/α,β-unsaturated/α-hetero) is 1. The van der Waals surface area contributed by atoms with Crippen molar-refractivity contribution in [2.24, 2.45) is 0 Å². The van der Waals surface area contributed by atoms with Crippen molar-refractivity contribution < 1.29 is 9.59 Å². The average Bonchev–Trinajstić information content (AvgIpc) is 2.54. The van der Waals surface area contributed by atoms with Crippen LogP contribution in [0.15, 0.2) is 54.6 Å². The Balaban J connectivity index is 1.78. The van der Waals surface area contributed by atoms with Crippen LogP contribution < -0.4 is 10.6 Å². The average molecular weight is 310 g/mol. The van der Waals surface area contributed by atoms with Crippen molar-refractivity contribution in [2.45, 2.75) is 32.7 Å². The van der Waals surface area contributed by atoms with Gasteiger partial charge in [0.2, 0.25) is 0 Å². The van der Waals surface area contributed by atoms with Gasteiger partial charge >= 0.3 is 6.03 Å². The Morgan fingerprint density at radius 3 is 2.26 bits per heavy atom. The summed E-state index contributed by atoms with van der Waals surface area (Å²) < 4.78 is 0. The van der Waals surface area contributed by atoms with E-state index in [1.165, 1.54) is 12.5 Å². The highest BCUT2D eigenvalue weighted by Gasteiger charge is 2.08. The number of carbonyl (C=O) groups excluding carboxylic acids is 2. The number of nitrogens with one attached hydrogen (secondary N) is 2. The molecule has 2 aromatic carbocycles. The van der Waals surface area contributed by atoms with Crippen LogP contribution in [0.25, 0.3) is 0 Å². The zero-order valence-electron chi connectivity index (χ0n) is 13.5. The van der Waals surface area contributed by atoms with Crippen LogP contribution in [-0.2, 0) is 6.42 Å². The normalized spacial score (nSPS) is 11.6. The zero-order valence-corrected chi connectivity index (χ0v) is 13.5. The number of amides is 2. The van der Waals surface area contributed by atoms with E-state index in [-0.39, 0.29) is 17.9 Å². The molecule has 2 rings (SSSR count). The van der Waals surface area contributed by atoms with Gasteiger partial charge in [-0.05, 0) is 56.5 Å². The van der Waals surface area contributed by atoms with Crippen molar-refractivity contribution in [3.05, 3.63) is 65.7 Å². The molecule has 2 aromatic rings. The van der Waals surface area contributed by atoms with E-state index in [1.807, 2.05) is 25.1 Å². The molecule has 1 atom stereocenters. The predicted molar refractivity (Wildman–Crippen MR) is 92.8 cm³/mol. The maximum Gasteiger partial charge on any atom is 0.319 e. The van der Waals surface area contributed by atoms with E-state index in [4.69, 9.17) is 0 Å². The summed E-state index contributed by atoms with van der Waals surface area (Å²) in [5.41, 5.74) is 2.57. The molecule has 0 bridgehead atoms. The van der Waals surface area contributed by atoms with E-state index in [9.17, 15) is 9.59 Å². The molecule has 23 heavy (non-hydrogen) atoms. The predicted octanol–water partition coefficient (Wildman–Crippen LogP) is 4.03. The number of urea groups is 1. The lowest BCUT2D eigenvalue weighted by Crippen LogP contribution is -2.36. The fourth-order valence-corrected chi connectivity index (χ4v) is 2.28. The van der Waals surface area contributed by atoms with E-state index in [2.05, 4.69) is 22.8 Å². The Morgan fingerprint density at radius 1 is 1.00 bits per heavy atom. The van der Waals surface area contributed by atoms with Crippen molar-refractivity contribution in [2.75, 3.05) is 5.32 Å². The number of hydrogen-bond donors (Lipinski definition) is 2. The van der Waals surface area contributed by atoms with Gasteiger partial charge in [0.15, 0.2) is 5.78 Å². The topological polar surface area (TPSA) is 58.2 Å². The van der Waals surface area contributed by atoms with Gasteiger partial charge in [-0.15, -0.1) is 0 Å². The summed E-state index contributed by atoms with van der Waals surface area (Å²) in [5, 5.41) is 5.69. The standard InChI is InChI=1S/C19H22N2O2/c1-14(8-9-16-6-4-3-5-7-16)20-19(23)21-18-12-10-17(11-13-18)15(2)22/h3-7,10-14H,8-9H2,1-2H3,(H2,20,21,23)/t14-/m0/s1. The Kier molecular flexibility index (Phi) is 5.92. The van der Waals surface area contributed by atoms with Crippen LogP contribution in [-0.4, -0.2) is 17.9 Å². The van der Waals surface area contributed by atoms with Crippen LogP contribution in [0.5, 0.6) is 0 Å². The van der Waals surface area contributed by atoms with Crippen LogP contribution in [0, 0.1) is 0 Å². The molecule has 0 aliphatic heterocycles. The van der Waals surface area contributed by atoms with Gasteiger partial charge in [-0.2, -0.15) is 0 Å². The second kappa shape index (κ2) is 8.13. The highest BCUT2D eigenvalue weighted by Crippen LogP contribution is 2.10. The minimum absolute atomic E-state index is 0.00976. The molecule has 4 heteroatoms. The van der Waals surface area contributed by atoms with E-state index >= 15 is 0 Å². The molecular weight excluding hydrogens is 288 g/mol. The van der Waals surface area contributed by atoms with E-state index in [1.54, 1.807) is 24.3 Å². The molecule has 0 aliphatic carbocycles. The van der Waals surface area contributed by atoms with Gasteiger partial charge in [0.25, 0.3) is 0 Å². The molecule has 2 N–H and O–H groups in total. The summed E-state index contributed by atoms with van der Waals surface area (Å²) in [5.74, 6) is 0.00976. The molecule has 0 saturated carbocycles. The lowest BCUT2D eigenvalue weighted by Gasteiger charge is -2.15. The summed E-state index contributed by atoms with van der Waals surface area (Å²) >= 11 is 0. The summed E-state index contributed by atoms with van der Waals surface area (Å²) in [6.45, 7) is 3.50. The molecule has 0 radical (unpaired) electrons. The van der Waals surface area contributed by atoms with Crippen molar-refractivity contribution in [3.63, 3.8) is 0 Å². The second-order valence-electron chi connectivity index (χ2n) is 5.66. The number of benzene rings is 2. The number of carbonyl (C=O) groups is 2. The van der Waals surface area contributed by atoms with Gasteiger partial charge in [-0.3, -0.25) is 4.79 Å². The quantitative estimate of drug-likeness (QED) is 0.791. The molecule has 0 saturated heterocycles. The minimum atomic E-state index is -0.235. The van der Waals surface area contributed by atoms with Gasteiger partial charge in [-0.1, -0.05) is 30.3 Å². The molecule has 0 aliphatic rings. The summed E-state index contributed by atoms with van der Waals surface area (Å²) in [6, 6.07) is 16.9. The maximum absolute atomic E-state index is 12.0. The van der Waals surface area contributed by atoms with E-state index in [0.717, 1.165) is 12.8 Å². The van der Waals surface area contributed by atoms with E-state index < -0.39 is 0 Å². The molecule has 0 aromatic heterocycles. The van der Waals surface area contributed by atoms with Crippen LogP contribution in [0.3, 0.4) is 0 Å². The Labute approximate surface area is 136 Å². The Bertz CT molecular complexity index is 651. The molecule has 0 unspecified atom stereocenters. The van der Waals surface area contributed by atoms with Crippen LogP contribution in [0.1, 0.15) is 36.2 Å².